The number of hydrogen-bond donors (Lipinski definition) is 0. The summed E-state index contributed by atoms with van der Waals surface area (Å²) in [6.45, 7) is 0. The van der Waals surface area contributed by atoms with E-state index in [2.05, 4.69) is 0 Å². The van der Waals surface area contributed by atoms with E-state index in [1.54, 1.807) is 19.2 Å². The molecule has 1 amide bonds. The highest BCUT2D eigenvalue weighted by Crippen LogP contribution is 2.25. The highest BCUT2D eigenvalue weighted by atomic mass is 32.2. The number of rotatable bonds is 3. The van der Waals surface area contributed by atoms with Gasteiger partial charge in [-0.05, 0) is 36.0 Å². The minimum Gasteiger partial charge on any atom is -0.306 e. The van der Waals surface area contributed by atoms with Gasteiger partial charge in [-0.1, -0.05) is 18.2 Å². The number of nitro benzene ring substituents is 1. The Bertz CT molecular complexity index is 614. The van der Waals surface area contributed by atoms with Crippen LogP contribution in [0.4, 0.5) is 16.2 Å². The van der Waals surface area contributed by atoms with Gasteiger partial charge in [0, 0.05) is 29.8 Å². The van der Waals surface area contributed by atoms with Crippen molar-refractivity contribution in [1.29, 1.82) is 0 Å². The van der Waals surface area contributed by atoms with E-state index in [1.165, 1.54) is 17.0 Å². The van der Waals surface area contributed by atoms with Gasteiger partial charge in [0.25, 0.3) is 10.9 Å². The van der Waals surface area contributed by atoms with Gasteiger partial charge < -0.3 is 4.90 Å². The Labute approximate surface area is 120 Å². The van der Waals surface area contributed by atoms with Crippen LogP contribution in [-0.4, -0.2) is 17.2 Å². The van der Waals surface area contributed by atoms with Crippen molar-refractivity contribution in [3.63, 3.8) is 0 Å². The number of para-hydroxylation sites is 1. The van der Waals surface area contributed by atoms with Crippen molar-refractivity contribution >= 4 is 28.4 Å². The lowest BCUT2D eigenvalue weighted by molar-refractivity contribution is -0.384. The monoisotopic (exact) mass is 288 g/mol. The van der Waals surface area contributed by atoms with E-state index in [0.717, 1.165) is 17.4 Å². The Morgan fingerprint density at radius 1 is 1.10 bits per heavy atom. The fourth-order valence-electron chi connectivity index (χ4n) is 1.56. The number of carbonyl (C=O) groups excluding carboxylic acids is 1. The fraction of sp³-hybridized carbons (Fsp3) is 0.0714. The summed E-state index contributed by atoms with van der Waals surface area (Å²) in [7, 11) is 1.69. The van der Waals surface area contributed by atoms with Gasteiger partial charge in [0.05, 0.1) is 4.92 Å². The van der Waals surface area contributed by atoms with E-state index in [4.69, 9.17) is 0 Å². The molecule has 0 saturated heterocycles. The molecule has 2 rings (SSSR count). The second kappa shape index (κ2) is 6.21. The highest BCUT2D eigenvalue weighted by molar-refractivity contribution is 8.13. The molecule has 5 nitrogen and oxygen atoms in total. The van der Waals surface area contributed by atoms with Crippen molar-refractivity contribution in [1.82, 2.24) is 0 Å². The van der Waals surface area contributed by atoms with Gasteiger partial charge in [0.1, 0.15) is 0 Å². The van der Waals surface area contributed by atoms with E-state index >= 15 is 0 Å². The second-order valence-corrected chi connectivity index (χ2v) is 5.04. The molecule has 6 heteroatoms. The van der Waals surface area contributed by atoms with Gasteiger partial charge in [-0.25, -0.2) is 0 Å². The molecule has 0 aromatic heterocycles. The molecule has 102 valence electrons. The number of nitro groups is 1. The van der Waals surface area contributed by atoms with Crippen LogP contribution >= 0.6 is 11.8 Å². The molecule has 0 heterocycles. The Kier molecular flexibility index (Phi) is 4.37. The first-order valence-electron chi connectivity index (χ1n) is 5.83. The van der Waals surface area contributed by atoms with E-state index < -0.39 is 4.92 Å². The topological polar surface area (TPSA) is 63.5 Å². The molecule has 2 aromatic rings. The minimum atomic E-state index is -0.466. The summed E-state index contributed by atoms with van der Waals surface area (Å²) < 4.78 is 0. The Balaban J connectivity index is 2.06. The van der Waals surface area contributed by atoms with E-state index in [-0.39, 0.29) is 10.9 Å². The highest BCUT2D eigenvalue weighted by Gasteiger charge is 2.13. The van der Waals surface area contributed by atoms with Crippen LogP contribution in [0, 0.1) is 10.1 Å². The molecular formula is C14H12N2O3S. The molecule has 0 saturated carbocycles. The van der Waals surface area contributed by atoms with Crippen molar-refractivity contribution in [3.8, 4) is 0 Å². The molecule has 0 bridgehead atoms. The lowest BCUT2D eigenvalue weighted by atomic mass is 10.3. The zero-order valence-electron chi connectivity index (χ0n) is 10.7. The Morgan fingerprint density at radius 2 is 1.70 bits per heavy atom. The van der Waals surface area contributed by atoms with Gasteiger partial charge in [-0.3, -0.25) is 14.9 Å². The summed E-state index contributed by atoms with van der Waals surface area (Å²) in [6, 6.07) is 15.2. The summed E-state index contributed by atoms with van der Waals surface area (Å²) in [5.74, 6) is 0. The predicted molar refractivity (Wildman–Crippen MR) is 79.2 cm³/mol. The normalized spacial score (nSPS) is 10.1. The van der Waals surface area contributed by atoms with Crippen LogP contribution in [-0.2, 0) is 0 Å². The first kappa shape index (κ1) is 14.1. The largest absolute Gasteiger partial charge is 0.306 e. The third kappa shape index (κ3) is 3.36. The van der Waals surface area contributed by atoms with Crippen LogP contribution in [0.1, 0.15) is 0 Å². The van der Waals surface area contributed by atoms with Crippen molar-refractivity contribution in [2.24, 2.45) is 0 Å². The lowest BCUT2D eigenvalue weighted by Crippen LogP contribution is -2.21. The summed E-state index contributed by atoms with van der Waals surface area (Å²) in [4.78, 5) is 24.4. The van der Waals surface area contributed by atoms with E-state index in [1.807, 2.05) is 30.3 Å². The van der Waals surface area contributed by atoms with Gasteiger partial charge in [-0.15, -0.1) is 0 Å². The second-order valence-electron chi connectivity index (χ2n) is 4.01. The summed E-state index contributed by atoms with van der Waals surface area (Å²) in [6.07, 6.45) is 0. The zero-order valence-corrected chi connectivity index (χ0v) is 11.5. The van der Waals surface area contributed by atoms with Gasteiger partial charge in [-0.2, -0.15) is 0 Å². The van der Waals surface area contributed by atoms with Gasteiger partial charge in [0.2, 0.25) is 0 Å². The first-order chi connectivity index (χ1) is 9.58. The van der Waals surface area contributed by atoms with Crippen LogP contribution in [0.3, 0.4) is 0 Å². The molecule has 0 aliphatic carbocycles. The Hall–Kier alpha value is -2.34. The molecular weight excluding hydrogens is 276 g/mol. The molecule has 0 fully saturated rings. The standard InChI is InChI=1S/C14H12N2O3S/c1-15(11-5-3-2-4-6-11)14(17)20-13-9-7-12(8-10-13)16(18)19/h2-10H,1H3. The number of thioether (sulfide) groups is 1. The van der Waals surface area contributed by atoms with Crippen LogP contribution in [0.5, 0.6) is 0 Å². The van der Waals surface area contributed by atoms with Crippen molar-refractivity contribution in [2.45, 2.75) is 4.90 Å². The molecule has 0 unspecified atom stereocenters. The third-order valence-corrected chi connectivity index (χ3v) is 3.63. The fourth-order valence-corrected chi connectivity index (χ4v) is 2.28. The summed E-state index contributed by atoms with van der Waals surface area (Å²) in [5, 5.41) is 10.4. The quantitative estimate of drug-likeness (QED) is 0.487. The number of carbonyl (C=O) groups is 1. The average molecular weight is 288 g/mol. The van der Waals surface area contributed by atoms with Crippen LogP contribution in [0.2, 0.25) is 0 Å². The van der Waals surface area contributed by atoms with Crippen molar-refractivity contribution in [2.75, 3.05) is 11.9 Å². The molecule has 0 aliphatic heterocycles. The number of nitrogens with zero attached hydrogens (tertiary/aromatic N) is 2. The van der Waals surface area contributed by atoms with Crippen LogP contribution in [0.25, 0.3) is 0 Å². The third-order valence-electron chi connectivity index (χ3n) is 2.67. The van der Waals surface area contributed by atoms with Gasteiger partial charge in [0.15, 0.2) is 0 Å². The van der Waals surface area contributed by atoms with Crippen LogP contribution < -0.4 is 4.90 Å². The first-order valence-corrected chi connectivity index (χ1v) is 6.64. The maximum atomic E-state index is 12.1. The lowest BCUT2D eigenvalue weighted by Gasteiger charge is -2.16. The Morgan fingerprint density at radius 3 is 2.25 bits per heavy atom. The zero-order chi connectivity index (χ0) is 14.5. The van der Waals surface area contributed by atoms with Crippen molar-refractivity contribution < 1.29 is 9.72 Å². The molecule has 0 aliphatic rings. The molecule has 0 radical (unpaired) electrons. The molecule has 0 spiro atoms. The average Bonchev–Trinajstić information content (AvgIpc) is 2.48. The smallest absolute Gasteiger partial charge is 0.290 e. The maximum Gasteiger partial charge on any atom is 0.290 e. The minimum absolute atomic E-state index is 0.0122. The molecule has 0 N–H and O–H groups in total. The maximum absolute atomic E-state index is 12.1. The number of anilines is 1. The van der Waals surface area contributed by atoms with Crippen molar-refractivity contribution in [3.05, 3.63) is 64.7 Å². The summed E-state index contributed by atoms with van der Waals surface area (Å²) >= 11 is 1.03. The predicted octanol–water partition coefficient (Wildman–Crippen LogP) is 3.94. The number of benzene rings is 2. The SMILES string of the molecule is CN(C(=O)Sc1ccc([N+](=O)[O-])cc1)c1ccccc1. The summed E-state index contributed by atoms with van der Waals surface area (Å²) in [5.41, 5.74) is 0.810. The number of hydrogen-bond acceptors (Lipinski definition) is 4. The molecule has 20 heavy (non-hydrogen) atoms. The van der Waals surface area contributed by atoms with E-state index in [9.17, 15) is 14.9 Å². The van der Waals surface area contributed by atoms with Gasteiger partial charge >= 0.3 is 0 Å². The van der Waals surface area contributed by atoms with Crippen LogP contribution in [0.15, 0.2) is 59.5 Å². The molecule has 0 atom stereocenters. The number of non-ortho nitro benzene ring substituents is 1. The van der Waals surface area contributed by atoms with E-state index in [0.29, 0.717) is 4.90 Å². The molecule has 2 aromatic carbocycles. The number of amides is 1.